The van der Waals surface area contributed by atoms with E-state index in [4.69, 9.17) is 20.6 Å². The number of likely N-dealkylation sites (tertiary alicyclic amines) is 1. The van der Waals surface area contributed by atoms with Crippen LogP contribution in [0.1, 0.15) is 18.4 Å². The zero-order valence-corrected chi connectivity index (χ0v) is 22.1. The summed E-state index contributed by atoms with van der Waals surface area (Å²) in [7, 11) is 0.373. The molecule has 2 atom stereocenters. The van der Waals surface area contributed by atoms with Gasteiger partial charge in [-0.25, -0.2) is 0 Å². The van der Waals surface area contributed by atoms with E-state index in [0.29, 0.717) is 42.3 Å². The number of esters is 1. The summed E-state index contributed by atoms with van der Waals surface area (Å²) >= 11 is 0. The molecule has 0 radical (unpaired) electrons. The van der Waals surface area contributed by atoms with Crippen molar-refractivity contribution in [2.24, 2.45) is 11.7 Å². The van der Waals surface area contributed by atoms with Crippen LogP contribution in [0.15, 0.2) is 48.5 Å². The van der Waals surface area contributed by atoms with E-state index in [9.17, 15) is 18.6 Å². The summed E-state index contributed by atoms with van der Waals surface area (Å²) in [5.74, 6) is 0.00791. The zero-order valence-electron chi connectivity index (χ0n) is 21.3. The first-order chi connectivity index (χ1) is 18.2. The second-order valence-corrected chi connectivity index (χ2v) is 11.1. The number of methoxy groups -OCH3 is 1. The molecule has 2 heterocycles. The number of hydrogen-bond donors (Lipinski definition) is 2. The number of amidine groups is 1. The fourth-order valence-electron chi connectivity index (χ4n) is 4.70. The van der Waals surface area contributed by atoms with Gasteiger partial charge in [-0.2, -0.15) is 0 Å². The van der Waals surface area contributed by atoms with Gasteiger partial charge in [0.2, 0.25) is 11.8 Å². The summed E-state index contributed by atoms with van der Waals surface area (Å²) in [6.07, 6.45) is 0.335. The van der Waals surface area contributed by atoms with E-state index in [0.717, 1.165) is 11.1 Å². The Morgan fingerprint density at radius 3 is 2.24 bits per heavy atom. The Labute approximate surface area is 224 Å². The van der Waals surface area contributed by atoms with Crippen molar-refractivity contribution in [3.05, 3.63) is 54.1 Å². The molecule has 10 nitrogen and oxygen atoms in total. The van der Waals surface area contributed by atoms with Crippen LogP contribution in [0.3, 0.4) is 0 Å². The lowest BCUT2D eigenvalue weighted by molar-refractivity contribution is -0.146. The molecule has 0 aromatic heterocycles. The largest absolute Gasteiger partial charge is 0.491 e. The molecule has 0 saturated carbocycles. The third kappa shape index (κ3) is 6.58. The number of rotatable bonds is 9. The van der Waals surface area contributed by atoms with Gasteiger partial charge in [-0.1, -0.05) is 36.4 Å². The summed E-state index contributed by atoms with van der Waals surface area (Å²) in [4.78, 5) is 41.1. The van der Waals surface area contributed by atoms with Gasteiger partial charge >= 0.3 is 5.97 Å². The van der Waals surface area contributed by atoms with E-state index < -0.39 is 22.7 Å². The van der Waals surface area contributed by atoms with Gasteiger partial charge in [0, 0.05) is 41.0 Å². The lowest BCUT2D eigenvalue weighted by Gasteiger charge is -2.30. The monoisotopic (exact) mass is 540 g/mol. The molecule has 2 aromatic carbocycles. The van der Waals surface area contributed by atoms with Crippen LogP contribution < -0.4 is 10.5 Å². The Hall–Kier alpha value is -3.73. The van der Waals surface area contributed by atoms with Crippen LogP contribution in [-0.4, -0.2) is 88.5 Å². The van der Waals surface area contributed by atoms with Crippen molar-refractivity contribution >= 4 is 34.4 Å². The first-order valence-corrected chi connectivity index (χ1v) is 13.9. The second-order valence-electron chi connectivity index (χ2n) is 9.39. The molecule has 3 N–H and O–H groups in total. The van der Waals surface area contributed by atoms with Crippen molar-refractivity contribution < 1.29 is 28.1 Å². The number of nitrogens with one attached hydrogen (secondary N) is 1. The Kier molecular flexibility index (Phi) is 8.77. The summed E-state index contributed by atoms with van der Waals surface area (Å²) in [5.41, 5.74) is 8.12. The highest BCUT2D eigenvalue weighted by atomic mass is 32.2. The van der Waals surface area contributed by atoms with Crippen LogP contribution in [0.4, 0.5) is 0 Å². The average Bonchev–Trinajstić information content (AvgIpc) is 3.21. The number of hydrogen-bond acceptors (Lipinski definition) is 7. The van der Waals surface area contributed by atoms with Gasteiger partial charge in [0.15, 0.2) is 0 Å². The van der Waals surface area contributed by atoms with Crippen molar-refractivity contribution in [1.82, 2.24) is 9.80 Å². The van der Waals surface area contributed by atoms with Crippen LogP contribution in [0.2, 0.25) is 0 Å². The number of nitrogens with two attached hydrogens (primary N) is 1. The van der Waals surface area contributed by atoms with Crippen LogP contribution in [0.25, 0.3) is 11.1 Å². The van der Waals surface area contributed by atoms with Gasteiger partial charge in [0.1, 0.15) is 24.7 Å². The zero-order chi connectivity index (χ0) is 27.2. The molecule has 0 bridgehead atoms. The predicted molar refractivity (Wildman–Crippen MR) is 143 cm³/mol. The number of ether oxygens (including phenoxy) is 2. The van der Waals surface area contributed by atoms with Gasteiger partial charge in [0.25, 0.3) is 0 Å². The Morgan fingerprint density at radius 2 is 1.66 bits per heavy atom. The smallest absolute Gasteiger partial charge is 0.306 e. The summed E-state index contributed by atoms with van der Waals surface area (Å²) in [5, 5.41) is 7.52. The summed E-state index contributed by atoms with van der Waals surface area (Å²) < 4.78 is 22.4. The molecule has 0 unspecified atom stereocenters. The van der Waals surface area contributed by atoms with Crippen molar-refractivity contribution in [3.63, 3.8) is 0 Å². The molecule has 2 aliphatic heterocycles. The molecule has 0 aliphatic carbocycles. The van der Waals surface area contributed by atoms with Crippen LogP contribution in [0.5, 0.6) is 5.75 Å². The molecular weight excluding hydrogens is 508 g/mol. The Morgan fingerprint density at radius 1 is 1.05 bits per heavy atom. The third-order valence-corrected chi connectivity index (χ3v) is 8.21. The molecule has 2 aromatic rings. The molecule has 2 saturated heterocycles. The SMILES string of the molecule is COC(=O)C[C@@H]1C[C@@H](COc2ccc(-c3ccc(C(=N)N)cc3)cc2)N(CC(=O)N2CCS(=O)CC2)C1=O. The summed E-state index contributed by atoms with van der Waals surface area (Å²) in [6.45, 7) is 0.883. The highest BCUT2D eigenvalue weighted by molar-refractivity contribution is 7.85. The van der Waals surface area contributed by atoms with Crippen LogP contribution in [-0.2, 0) is 29.9 Å². The lowest BCUT2D eigenvalue weighted by Crippen LogP contribution is -2.49. The van der Waals surface area contributed by atoms with Crippen molar-refractivity contribution in [3.8, 4) is 16.9 Å². The maximum Gasteiger partial charge on any atom is 0.306 e. The number of amides is 2. The number of nitrogen functional groups attached to an aromatic ring is 1. The molecule has 2 aliphatic rings. The Balaban J connectivity index is 1.41. The normalized spacial score (nSPS) is 19.9. The maximum atomic E-state index is 13.1. The van der Waals surface area contributed by atoms with Gasteiger partial charge in [-0.3, -0.25) is 24.0 Å². The van der Waals surface area contributed by atoms with E-state index in [1.165, 1.54) is 12.0 Å². The number of carbonyl (C=O) groups excluding carboxylic acids is 3. The molecule has 0 spiro atoms. The topological polar surface area (TPSA) is 143 Å². The first kappa shape index (κ1) is 27.3. The fourth-order valence-corrected chi connectivity index (χ4v) is 5.75. The number of nitrogens with zero attached hydrogens (tertiary/aromatic N) is 2. The quantitative estimate of drug-likeness (QED) is 0.278. The van der Waals surface area contributed by atoms with Crippen LogP contribution >= 0.6 is 0 Å². The highest BCUT2D eigenvalue weighted by Gasteiger charge is 2.42. The molecule has 202 valence electrons. The molecular formula is C27H32N4O6S. The minimum atomic E-state index is -0.910. The van der Waals surface area contributed by atoms with Crippen molar-refractivity contribution in [2.75, 3.05) is 44.9 Å². The predicted octanol–water partition coefficient (Wildman–Crippen LogP) is 1.39. The van der Waals surface area contributed by atoms with E-state index in [2.05, 4.69) is 0 Å². The maximum absolute atomic E-state index is 13.1. The minimum Gasteiger partial charge on any atom is -0.491 e. The standard InChI is InChI=1S/C27H32N4O6S/c1-36-25(33)15-21-14-22(31(27(21)34)16-24(32)30-10-12-38(35)13-11-30)17-37-23-8-6-19(7-9-23)18-2-4-20(5-3-18)26(28)29/h2-9,21-22H,10-17H2,1H3,(H3,28,29)/t21-,22-/m0/s1. The Bertz CT molecular complexity index is 1210. The number of carbonyl (C=O) groups is 3. The van der Waals surface area contributed by atoms with Crippen molar-refractivity contribution in [2.45, 2.75) is 18.9 Å². The van der Waals surface area contributed by atoms with E-state index in [-0.39, 0.29) is 43.3 Å². The lowest BCUT2D eigenvalue weighted by atomic mass is 10.0. The van der Waals surface area contributed by atoms with Crippen LogP contribution in [0, 0.1) is 11.3 Å². The van der Waals surface area contributed by atoms with E-state index in [1.807, 2.05) is 36.4 Å². The van der Waals surface area contributed by atoms with E-state index >= 15 is 0 Å². The van der Waals surface area contributed by atoms with Crippen molar-refractivity contribution in [1.29, 1.82) is 5.41 Å². The third-order valence-electron chi connectivity index (χ3n) is 6.93. The second kappa shape index (κ2) is 12.2. The van der Waals surface area contributed by atoms with Gasteiger partial charge in [0.05, 0.1) is 25.5 Å². The molecule has 2 amide bonds. The minimum absolute atomic E-state index is 0.0163. The molecule has 2 fully saturated rings. The average molecular weight is 541 g/mol. The fraction of sp³-hybridized carbons (Fsp3) is 0.407. The summed E-state index contributed by atoms with van der Waals surface area (Å²) in [6, 6.07) is 14.5. The highest BCUT2D eigenvalue weighted by Crippen LogP contribution is 2.29. The first-order valence-electron chi connectivity index (χ1n) is 12.4. The molecule has 4 rings (SSSR count). The van der Waals surface area contributed by atoms with E-state index in [1.54, 1.807) is 17.0 Å². The van der Waals surface area contributed by atoms with Gasteiger partial charge < -0.3 is 25.0 Å². The van der Waals surface area contributed by atoms with Gasteiger partial charge in [-0.05, 0) is 29.7 Å². The molecule has 11 heteroatoms. The molecule has 38 heavy (non-hydrogen) atoms. The number of benzene rings is 2. The van der Waals surface area contributed by atoms with Gasteiger partial charge in [-0.15, -0.1) is 0 Å².